The maximum atomic E-state index is 5.38. The minimum atomic E-state index is 0.00445. The number of fused-ring (bicyclic) bond motifs is 2. The lowest BCUT2D eigenvalue weighted by Crippen LogP contribution is -2.22. The van der Waals surface area contributed by atoms with Crippen molar-refractivity contribution in [1.29, 1.82) is 0 Å². The van der Waals surface area contributed by atoms with Gasteiger partial charge in [-0.2, -0.15) is 0 Å². The van der Waals surface area contributed by atoms with Gasteiger partial charge in [0.15, 0.2) is 6.29 Å². The van der Waals surface area contributed by atoms with Crippen LogP contribution in [0.15, 0.2) is 11.1 Å². The zero-order valence-corrected chi connectivity index (χ0v) is 11.1. The van der Waals surface area contributed by atoms with Gasteiger partial charge in [-0.05, 0) is 56.3 Å². The molecule has 0 aliphatic heterocycles. The van der Waals surface area contributed by atoms with Crippen molar-refractivity contribution in [3.63, 3.8) is 0 Å². The van der Waals surface area contributed by atoms with Gasteiger partial charge in [-0.3, -0.25) is 0 Å². The Morgan fingerprint density at radius 1 is 1.18 bits per heavy atom. The van der Waals surface area contributed by atoms with Gasteiger partial charge >= 0.3 is 0 Å². The molecule has 0 aromatic rings. The van der Waals surface area contributed by atoms with Crippen molar-refractivity contribution in [3.05, 3.63) is 11.1 Å². The molecule has 96 valence electrons. The number of methoxy groups -OCH3 is 2. The molecule has 3 rings (SSSR count). The number of rotatable bonds is 4. The lowest BCUT2D eigenvalue weighted by Gasteiger charge is -2.25. The topological polar surface area (TPSA) is 18.5 Å². The Hall–Kier alpha value is -0.340. The molecule has 3 atom stereocenters. The third-order valence-corrected chi connectivity index (χ3v) is 5.23. The summed E-state index contributed by atoms with van der Waals surface area (Å²) in [6.07, 6.45) is 9.53. The van der Waals surface area contributed by atoms with Crippen LogP contribution >= 0.6 is 0 Å². The average molecular weight is 236 g/mol. The van der Waals surface area contributed by atoms with E-state index in [-0.39, 0.29) is 6.29 Å². The molecule has 0 bridgehead atoms. The van der Waals surface area contributed by atoms with E-state index in [1.165, 1.54) is 38.5 Å². The van der Waals surface area contributed by atoms with Crippen molar-refractivity contribution in [3.8, 4) is 0 Å². The predicted octanol–water partition coefficient (Wildman–Crippen LogP) is 3.52. The first kappa shape index (κ1) is 11.7. The van der Waals surface area contributed by atoms with Gasteiger partial charge in [-0.15, -0.1) is 0 Å². The highest BCUT2D eigenvalue weighted by molar-refractivity contribution is 5.30. The van der Waals surface area contributed by atoms with E-state index in [1.807, 2.05) is 11.1 Å². The summed E-state index contributed by atoms with van der Waals surface area (Å²) in [5.41, 5.74) is 3.68. The summed E-state index contributed by atoms with van der Waals surface area (Å²) in [5, 5.41) is 0. The minimum absolute atomic E-state index is 0.00445. The van der Waals surface area contributed by atoms with Gasteiger partial charge in [0.2, 0.25) is 0 Å². The number of allylic oxidation sites excluding steroid dienone is 2. The summed E-state index contributed by atoms with van der Waals surface area (Å²) >= 11 is 0. The summed E-state index contributed by atoms with van der Waals surface area (Å²) in [7, 11) is 3.52. The quantitative estimate of drug-likeness (QED) is 0.549. The van der Waals surface area contributed by atoms with E-state index in [1.54, 1.807) is 14.2 Å². The van der Waals surface area contributed by atoms with E-state index in [2.05, 4.69) is 0 Å². The zero-order chi connectivity index (χ0) is 11.8. The highest BCUT2D eigenvalue weighted by atomic mass is 16.7. The standard InChI is InChI=1S/C15H24O2/c1-16-14(17-2)9-12-7-6-11-8-10-4-3-5-13(10)15(11)12/h11-12,14-15H,3-9H2,1-2H3/t11-,12+,15+/m1/s1. The molecule has 0 radical (unpaired) electrons. The average Bonchev–Trinajstić information content (AvgIpc) is 2.97. The molecule has 17 heavy (non-hydrogen) atoms. The Bertz CT molecular complexity index is 317. The minimum Gasteiger partial charge on any atom is -0.356 e. The van der Waals surface area contributed by atoms with Crippen molar-refractivity contribution in [1.82, 2.24) is 0 Å². The molecule has 0 saturated heterocycles. The fourth-order valence-corrected chi connectivity index (χ4v) is 4.55. The van der Waals surface area contributed by atoms with Crippen molar-refractivity contribution in [2.24, 2.45) is 17.8 Å². The Morgan fingerprint density at radius 2 is 2.00 bits per heavy atom. The molecule has 3 aliphatic rings. The molecule has 1 fully saturated rings. The van der Waals surface area contributed by atoms with E-state index in [9.17, 15) is 0 Å². The van der Waals surface area contributed by atoms with Gasteiger partial charge in [0, 0.05) is 20.6 Å². The molecule has 2 nitrogen and oxygen atoms in total. The van der Waals surface area contributed by atoms with Crippen LogP contribution in [0.25, 0.3) is 0 Å². The van der Waals surface area contributed by atoms with Crippen LogP contribution in [0.4, 0.5) is 0 Å². The second kappa shape index (κ2) is 4.74. The first-order valence-electron chi connectivity index (χ1n) is 7.10. The van der Waals surface area contributed by atoms with Crippen LogP contribution in [0.1, 0.15) is 44.9 Å². The second-order valence-corrected chi connectivity index (χ2v) is 5.95. The van der Waals surface area contributed by atoms with Gasteiger partial charge in [0.1, 0.15) is 0 Å². The molecule has 0 aromatic heterocycles. The van der Waals surface area contributed by atoms with Crippen LogP contribution in [-0.2, 0) is 9.47 Å². The monoisotopic (exact) mass is 236 g/mol. The maximum absolute atomic E-state index is 5.38. The summed E-state index contributed by atoms with van der Waals surface area (Å²) in [5.74, 6) is 2.68. The lowest BCUT2D eigenvalue weighted by molar-refractivity contribution is -0.115. The predicted molar refractivity (Wildman–Crippen MR) is 67.6 cm³/mol. The summed E-state index contributed by atoms with van der Waals surface area (Å²) in [6.45, 7) is 0. The third kappa shape index (κ3) is 1.96. The SMILES string of the molecule is COC(C[C@@H]1CC[C@@H]2CC3=C(CCC3)[C@@H]21)OC. The van der Waals surface area contributed by atoms with Gasteiger partial charge in [-0.25, -0.2) is 0 Å². The van der Waals surface area contributed by atoms with Crippen LogP contribution in [0.2, 0.25) is 0 Å². The zero-order valence-electron chi connectivity index (χ0n) is 11.1. The fourth-order valence-electron chi connectivity index (χ4n) is 4.55. The normalized spacial score (nSPS) is 35.8. The molecule has 1 saturated carbocycles. The Labute approximate surface area is 104 Å². The molecule has 2 heteroatoms. The molecular formula is C15H24O2. The molecule has 0 amide bonds. The first-order chi connectivity index (χ1) is 8.33. The van der Waals surface area contributed by atoms with Crippen LogP contribution < -0.4 is 0 Å². The van der Waals surface area contributed by atoms with Gasteiger partial charge in [0.25, 0.3) is 0 Å². The van der Waals surface area contributed by atoms with Crippen molar-refractivity contribution < 1.29 is 9.47 Å². The first-order valence-corrected chi connectivity index (χ1v) is 7.10. The molecule has 0 heterocycles. The highest BCUT2D eigenvalue weighted by Crippen LogP contribution is 2.56. The van der Waals surface area contributed by atoms with E-state index in [4.69, 9.17) is 9.47 Å². The van der Waals surface area contributed by atoms with Crippen LogP contribution in [0.5, 0.6) is 0 Å². The van der Waals surface area contributed by atoms with E-state index >= 15 is 0 Å². The van der Waals surface area contributed by atoms with Crippen molar-refractivity contribution >= 4 is 0 Å². The molecule has 0 unspecified atom stereocenters. The van der Waals surface area contributed by atoms with Crippen LogP contribution in [0.3, 0.4) is 0 Å². The lowest BCUT2D eigenvalue weighted by atomic mass is 9.84. The molecule has 0 N–H and O–H groups in total. The van der Waals surface area contributed by atoms with Gasteiger partial charge in [-0.1, -0.05) is 11.1 Å². The second-order valence-electron chi connectivity index (χ2n) is 5.95. The van der Waals surface area contributed by atoms with Crippen LogP contribution in [-0.4, -0.2) is 20.5 Å². The van der Waals surface area contributed by atoms with Gasteiger partial charge in [0.05, 0.1) is 0 Å². The molecule has 0 spiro atoms. The molecule has 0 aromatic carbocycles. The number of hydrogen-bond donors (Lipinski definition) is 0. The highest BCUT2D eigenvalue weighted by Gasteiger charge is 2.45. The van der Waals surface area contributed by atoms with Crippen LogP contribution in [0, 0.1) is 17.8 Å². The van der Waals surface area contributed by atoms with Crippen molar-refractivity contribution in [2.75, 3.05) is 14.2 Å². The smallest absolute Gasteiger partial charge is 0.157 e. The van der Waals surface area contributed by atoms with E-state index < -0.39 is 0 Å². The number of ether oxygens (including phenoxy) is 2. The summed E-state index contributed by atoms with van der Waals surface area (Å²) < 4.78 is 10.8. The largest absolute Gasteiger partial charge is 0.356 e. The van der Waals surface area contributed by atoms with Crippen molar-refractivity contribution in [2.45, 2.75) is 51.2 Å². The third-order valence-electron chi connectivity index (χ3n) is 5.23. The fraction of sp³-hybridized carbons (Fsp3) is 0.867. The molecule has 3 aliphatic carbocycles. The Balaban J connectivity index is 1.70. The van der Waals surface area contributed by atoms with Gasteiger partial charge < -0.3 is 9.47 Å². The number of hydrogen-bond acceptors (Lipinski definition) is 2. The summed E-state index contributed by atoms with van der Waals surface area (Å²) in [4.78, 5) is 0. The Kier molecular flexibility index (Phi) is 3.27. The summed E-state index contributed by atoms with van der Waals surface area (Å²) in [6, 6.07) is 0. The Morgan fingerprint density at radius 3 is 2.76 bits per heavy atom. The van der Waals surface area contributed by atoms with E-state index in [0.29, 0.717) is 0 Å². The molecular weight excluding hydrogens is 212 g/mol. The maximum Gasteiger partial charge on any atom is 0.157 e. The van der Waals surface area contributed by atoms with E-state index in [0.717, 1.165) is 24.2 Å².